The molecule has 1 aromatic carbocycles. The number of likely N-dealkylation sites (N-methyl/N-ethyl adjacent to an activating group) is 1. The number of benzene rings is 1. The van der Waals surface area contributed by atoms with Gasteiger partial charge in [-0.1, -0.05) is 49.6 Å². The topological polar surface area (TPSA) is 72.3 Å². The van der Waals surface area contributed by atoms with Gasteiger partial charge in [-0.3, -0.25) is 0 Å². The van der Waals surface area contributed by atoms with Crippen LogP contribution in [0.3, 0.4) is 0 Å². The lowest BCUT2D eigenvalue weighted by Gasteiger charge is -2.39. The zero-order valence-corrected chi connectivity index (χ0v) is 19.9. The van der Waals surface area contributed by atoms with Crippen LogP contribution in [0, 0.1) is 5.92 Å². The van der Waals surface area contributed by atoms with Crippen molar-refractivity contribution in [1.82, 2.24) is 9.97 Å². The molecule has 3 atom stereocenters. The Morgan fingerprint density at radius 1 is 1.06 bits per heavy atom. The summed E-state index contributed by atoms with van der Waals surface area (Å²) in [6.45, 7) is 2.45. The third-order valence-corrected chi connectivity index (χ3v) is 7.90. The van der Waals surface area contributed by atoms with Crippen LogP contribution in [0.5, 0.6) is 0 Å². The van der Waals surface area contributed by atoms with E-state index in [0.29, 0.717) is 12.2 Å². The molecule has 0 amide bonds. The predicted molar refractivity (Wildman–Crippen MR) is 127 cm³/mol. The fraction of sp³-hybridized carbons (Fsp3) is 0.593. The maximum Gasteiger partial charge on any atom is 0.343 e. The molecule has 6 nitrogen and oxygen atoms in total. The standard InChI is InChI=1S/C27H38N3O3/c1-30(20-9-16-25-28-17-10-18-29-25)19-8-15-24(30)21-33-26(31)27(32,22-11-4-2-5-12-22)23-13-6-3-7-14-23/h2,4-5,10-12,17-18,23-24,32H,3,6-9,13-16,19-21H2,1H3/q+1. The largest absolute Gasteiger partial charge is 0.457 e. The number of carbonyl (C=O) groups is 1. The Morgan fingerprint density at radius 3 is 2.52 bits per heavy atom. The third kappa shape index (κ3) is 5.44. The number of nitrogens with zero attached hydrogens (tertiary/aromatic N) is 3. The Balaban J connectivity index is 1.39. The lowest BCUT2D eigenvalue weighted by molar-refractivity contribution is -0.921. The molecule has 0 radical (unpaired) electrons. The van der Waals surface area contributed by atoms with Gasteiger partial charge in [0.25, 0.3) is 0 Å². The number of esters is 1. The van der Waals surface area contributed by atoms with E-state index in [1.54, 1.807) is 12.4 Å². The van der Waals surface area contributed by atoms with Gasteiger partial charge < -0.3 is 14.3 Å². The second-order valence-corrected chi connectivity index (χ2v) is 10.1. The monoisotopic (exact) mass is 452 g/mol. The van der Waals surface area contributed by atoms with E-state index in [9.17, 15) is 9.90 Å². The number of quaternary nitrogens is 1. The highest BCUT2D eigenvalue weighted by Crippen LogP contribution is 2.40. The molecular weight excluding hydrogens is 414 g/mol. The van der Waals surface area contributed by atoms with Crippen molar-refractivity contribution in [2.24, 2.45) is 5.92 Å². The molecule has 6 heteroatoms. The van der Waals surface area contributed by atoms with Gasteiger partial charge in [0.2, 0.25) is 0 Å². The molecule has 0 spiro atoms. The summed E-state index contributed by atoms with van der Waals surface area (Å²) in [5.41, 5.74) is -0.901. The highest BCUT2D eigenvalue weighted by atomic mass is 16.6. The molecule has 2 aromatic rings. The Kier molecular flexibility index (Phi) is 7.76. The van der Waals surface area contributed by atoms with E-state index in [1.165, 1.54) is 6.42 Å². The first-order valence-electron chi connectivity index (χ1n) is 12.6. The van der Waals surface area contributed by atoms with Crippen molar-refractivity contribution in [2.75, 3.05) is 26.7 Å². The minimum atomic E-state index is -1.56. The summed E-state index contributed by atoms with van der Waals surface area (Å²) < 4.78 is 6.83. The lowest BCUT2D eigenvalue weighted by atomic mass is 9.73. The highest BCUT2D eigenvalue weighted by molar-refractivity contribution is 5.81. The van der Waals surface area contributed by atoms with Crippen LogP contribution in [-0.2, 0) is 21.6 Å². The van der Waals surface area contributed by atoms with Gasteiger partial charge in [-0.15, -0.1) is 0 Å². The van der Waals surface area contributed by atoms with Crippen LogP contribution in [0.25, 0.3) is 0 Å². The quantitative estimate of drug-likeness (QED) is 0.459. The maximum absolute atomic E-state index is 13.4. The van der Waals surface area contributed by atoms with Gasteiger partial charge in [-0.25, -0.2) is 14.8 Å². The molecule has 0 bridgehead atoms. The first-order valence-corrected chi connectivity index (χ1v) is 12.6. The lowest BCUT2D eigenvalue weighted by Crippen LogP contribution is -2.52. The Hall–Kier alpha value is -2.31. The van der Waals surface area contributed by atoms with Crippen molar-refractivity contribution in [1.29, 1.82) is 0 Å². The molecule has 1 aromatic heterocycles. The van der Waals surface area contributed by atoms with Gasteiger partial charge >= 0.3 is 5.97 Å². The highest BCUT2D eigenvalue weighted by Gasteiger charge is 2.48. The second-order valence-electron chi connectivity index (χ2n) is 10.1. The molecule has 1 aliphatic carbocycles. The van der Waals surface area contributed by atoms with Gasteiger partial charge in [0.15, 0.2) is 5.60 Å². The first kappa shape index (κ1) is 23.8. The minimum Gasteiger partial charge on any atom is -0.457 e. The van der Waals surface area contributed by atoms with Crippen molar-refractivity contribution < 1.29 is 19.1 Å². The van der Waals surface area contributed by atoms with Crippen LogP contribution in [0.1, 0.15) is 62.8 Å². The van der Waals surface area contributed by atoms with E-state index in [2.05, 4.69) is 17.0 Å². The van der Waals surface area contributed by atoms with E-state index in [4.69, 9.17) is 4.74 Å². The Labute approximate surface area is 197 Å². The summed E-state index contributed by atoms with van der Waals surface area (Å²) in [5.74, 6) is 0.319. The zero-order valence-electron chi connectivity index (χ0n) is 19.9. The number of rotatable bonds is 9. The van der Waals surface area contributed by atoms with Gasteiger partial charge in [0.1, 0.15) is 18.5 Å². The molecular formula is C27H38N3O3+. The van der Waals surface area contributed by atoms with Crippen LogP contribution in [0.15, 0.2) is 48.8 Å². The van der Waals surface area contributed by atoms with Gasteiger partial charge in [-0.2, -0.15) is 0 Å². The minimum absolute atomic E-state index is 0.0866. The first-order chi connectivity index (χ1) is 16.0. The van der Waals surface area contributed by atoms with E-state index >= 15 is 0 Å². The number of aliphatic hydroxyl groups is 1. The van der Waals surface area contributed by atoms with Crippen molar-refractivity contribution in [2.45, 2.75) is 69.4 Å². The average Bonchev–Trinajstić information content (AvgIpc) is 3.23. The second kappa shape index (κ2) is 10.7. The average molecular weight is 453 g/mol. The molecule has 178 valence electrons. The normalized spacial score (nSPS) is 25.5. The van der Waals surface area contributed by atoms with E-state index in [0.717, 1.165) is 74.8 Å². The van der Waals surface area contributed by atoms with E-state index < -0.39 is 11.6 Å². The summed E-state index contributed by atoms with van der Waals surface area (Å²) in [6.07, 6.45) is 12.6. The molecule has 2 fully saturated rings. The molecule has 4 rings (SSSR count). The summed E-state index contributed by atoms with van der Waals surface area (Å²) in [6, 6.07) is 11.5. The van der Waals surface area contributed by atoms with E-state index in [-0.39, 0.29) is 12.0 Å². The van der Waals surface area contributed by atoms with Gasteiger partial charge in [0.05, 0.1) is 20.1 Å². The van der Waals surface area contributed by atoms with Crippen molar-refractivity contribution >= 4 is 5.97 Å². The molecule has 1 saturated heterocycles. The summed E-state index contributed by atoms with van der Waals surface area (Å²) in [7, 11) is 2.27. The SMILES string of the molecule is C[N+]1(CCCc2ncccn2)CCCC1COC(=O)C(O)(c1ccccc1)C1CCCCC1. The number of likely N-dealkylation sites (tertiary alicyclic amines) is 1. The number of ether oxygens (including phenoxy) is 1. The summed E-state index contributed by atoms with van der Waals surface area (Å²) in [4.78, 5) is 22.1. The van der Waals surface area contributed by atoms with Crippen LogP contribution in [-0.4, -0.2) is 58.3 Å². The Bertz CT molecular complexity index is 888. The Morgan fingerprint density at radius 2 is 1.79 bits per heavy atom. The van der Waals surface area contributed by atoms with Crippen molar-refractivity contribution in [3.05, 3.63) is 60.2 Å². The third-order valence-electron chi connectivity index (χ3n) is 7.90. The fourth-order valence-electron chi connectivity index (χ4n) is 5.81. The fourth-order valence-corrected chi connectivity index (χ4v) is 5.81. The number of hydrogen-bond donors (Lipinski definition) is 1. The molecule has 2 aliphatic rings. The smallest absolute Gasteiger partial charge is 0.343 e. The van der Waals surface area contributed by atoms with Crippen LogP contribution in [0.4, 0.5) is 0 Å². The number of carbonyl (C=O) groups excluding carboxylic acids is 1. The molecule has 33 heavy (non-hydrogen) atoms. The maximum atomic E-state index is 13.4. The van der Waals surface area contributed by atoms with Crippen LogP contribution >= 0.6 is 0 Å². The van der Waals surface area contributed by atoms with Gasteiger partial charge in [0, 0.05) is 44.0 Å². The number of aromatic nitrogens is 2. The number of hydrogen-bond acceptors (Lipinski definition) is 5. The summed E-state index contributed by atoms with van der Waals surface area (Å²) in [5, 5.41) is 11.8. The van der Waals surface area contributed by atoms with E-state index in [1.807, 2.05) is 36.4 Å². The zero-order chi connectivity index (χ0) is 23.2. The summed E-state index contributed by atoms with van der Waals surface area (Å²) >= 11 is 0. The molecule has 3 unspecified atom stereocenters. The van der Waals surface area contributed by atoms with Crippen molar-refractivity contribution in [3.63, 3.8) is 0 Å². The van der Waals surface area contributed by atoms with Gasteiger partial charge in [-0.05, 0) is 24.5 Å². The molecule has 1 aliphatic heterocycles. The molecule has 1 N–H and O–H groups in total. The molecule has 2 heterocycles. The number of aryl methyl sites for hydroxylation is 1. The van der Waals surface area contributed by atoms with Crippen molar-refractivity contribution in [3.8, 4) is 0 Å². The molecule has 1 saturated carbocycles. The predicted octanol–water partition coefficient (Wildman–Crippen LogP) is 4.03. The van der Waals surface area contributed by atoms with Crippen LogP contribution in [0.2, 0.25) is 0 Å². The van der Waals surface area contributed by atoms with Crippen LogP contribution < -0.4 is 0 Å².